The smallest absolute Gasteiger partial charge is 0.191 e. The number of hydrogen-bond donors (Lipinski definition) is 2. The predicted octanol–water partition coefficient (Wildman–Crippen LogP) is 3.18. The van der Waals surface area contributed by atoms with Crippen molar-refractivity contribution in [1.82, 2.24) is 20.2 Å². The van der Waals surface area contributed by atoms with Crippen LogP contribution in [-0.2, 0) is 6.54 Å². The van der Waals surface area contributed by atoms with E-state index in [1.165, 1.54) is 6.07 Å². The lowest BCUT2D eigenvalue weighted by molar-refractivity contribution is 0.614. The van der Waals surface area contributed by atoms with Gasteiger partial charge in [0.25, 0.3) is 0 Å². The number of aliphatic imine (C=N–C) groups is 1. The number of hydrogen-bond acceptors (Lipinski definition) is 2. The van der Waals surface area contributed by atoms with Crippen molar-refractivity contribution in [1.29, 1.82) is 0 Å². The molecule has 0 aliphatic carbocycles. The third-order valence-corrected chi connectivity index (χ3v) is 3.28. The molecule has 0 fully saturated rings. The minimum Gasteiger partial charge on any atom is -0.357 e. The van der Waals surface area contributed by atoms with Gasteiger partial charge in [0.05, 0.1) is 12.2 Å². The first-order chi connectivity index (χ1) is 11.2. The summed E-state index contributed by atoms with van der Waals surface area (Å²) in [5.41, 5.74) is 1.30. The zero-order valence-electron chi connectivity index (χ0n) is 13.9. The van der Waals surface area contributed by atoms with Crippen molar-refractivity contribution in [2.45, 2.75) is 20.4 Å². The molecule has 0 amide bonds. The molecule has 0 unspecified atom stereocenters. The van der Waals surface area contributed by atoms with Gasteiger partial charge in [0.1, 0.15) is 11.6 Å². The standard InChI is InChI=1S/C17H22FN5.HI/c1-4-8-21-17(19-5-2)22-12-14-6-7-16(15(18)11-14)23-10-9-20-13(23)3;/h4,6-7,9-11H,1,5,8,12H2,2-3H3,(H2,19,21,22);1H. The van der Waals surface area contributed by atoms with Crippen LogP contribution in [0.2, 0.25) is 0 Å². The molecule has 1 heterocycles. The average molecular weight is 443 g/mol. The fraction of sp³-hybridized carbons (Fsp3) is 0.294. The highest BCUT2D eigenvalue weighted by molar-refractivity contribution is 14.0. The fourth-order valence-electron chi connectivity index (χ4n) is 2.16. The lowest BCUT2D eigenvalue weighted by Crippen LogP contribution is -2.37. The molecular formula is C17H23FIN5. The quantitative estimate of drug-likeness (QED) is 0.312. The number of nitrogens with one attached hydrogen (secondary N) is 2. The van der Waals surface area contributed by atoms with Crippen LogP contribution in [0.25, 0.3) is 5.69 Å². The number of imidazole rings is 1. The first kappa shape index (κ1) is 20.1. The maximum atomic E-state index is 14.3. The monoisotopic (exact) mass is 443 g/mol. The van der Waals surface area contributed by atoms with Crippen molar-refractivity contribution in [2.75, 3.05) is 13.1 Å². The highest BCUT2D eigenvalue weighted by Gasteiger charge is 2.08. The minimum atomic E-state index is -0.289. The van der Waals surface area contributed by atoms with Crippen LogP contribution in [0.3, 0.4) is 0 Å². The molecule has 0 spiro atoms. The molecule has 130 valence electrons. The lowest BCUT2D eigenvalue weighted by atomic mass is 10.2. The van der Waals surface area contributed by atoms with Crippen LogP contribution < -0.4 is 10.6 Å². The van der Waals surface area contributed by atoms with E-state index in [1.54, 1.807) is 29.1 Å². The maximum Gasteiger partial charge on any atom is 0.191 e. The molecule has 0 aliphatic rings. The van der Waals surface area contributed by atoms with Gasteiger partial charge in [-0.2, -0.15) is 0 Å². The molecule has 1 aromatic heterocycles. The Hall–Kier alpha value is -1.90. The Morgan fingerprint density at radius 2 is 2.21 bits per heavy atom. The SMILES string of the molecule is C=CCNC(=NCc1ccc(-n2ccnc2C)c(F)c1)NCC.I. The van der Waals surface area contributed by atoms with Crippen LogP contribution in [0.15, 0.2) is 48.2 Å². The van der Waals surface area contributed by atoms with Gasteiger partial charge >= 0.3 is 0 Å². The first-order valence-corrected chi connectivity index (χ1v) is 7.57. The van der Waals surface area contributed by atoms with E-state index < -0.39 is 0 Å². The van der Waals surface area contributed by atoms with E-state index in [9.17, 15) is 4.39 Å². The maximum absolute atomic E-state index is 14.3. The van der Waals surface area contributed by atoms with E-state index in [4.69, 9.17) is 0 Å². The zero-order chi connectivity index (χ0) is 16.7. The topological polar surface area (TPSA) is 54.2 Å². The predicted molar refractivity (Wildman–Crippen MR) is 107 cm³/mol. The van der Waals surface area contributed by atoms with Gasteiger partial charge in [-0.3, -0.25) is 0 Å². The summed E-state index contributed by atoms with van der Waals surface area (Å²) in [5, 5.41) is 6.24. The number of aryl methyl sites for hydroxylation is 1. The third-order valence-electron chi connectivity index (χ3n) is 3.28. The molecule has 0 atom stereocenters. The summed E-state index contributed by atoms with van der Waals surface area (Å²) in [5.74, 6) is 1.14. The molecule has 0 saturated carbocycles. The molecule has 2 aromatic rings. The van der Waals surface area contributed by atoms with Gasteiger partial charge in [0.15, 0.2) is 5.96 Å². The van der Waals surface area contributed by atoms with Gasteiger partial charge in [-0.15, -0.1) is 30.6 Å². The van der Waals surface area contributed by atoms with E-state index in [0.29, 0.717) is 24.7 Å². The molecule has 0 radical (unpaired) electrons. The van der Waals surface area contributed by atoms with Crippen molar-refractivity contribution < 1.29 is 4.39 Å². The second kappa shape index (κ2) is 10.1. The molecule has 7 heteroatoms. The Balaban J connectivity index is 0.00000288. The molecule has 0 saturated heterocycles. The Morgan fingerprint density at radius 3 is 2.79 bits per heavy atom. The van der Waals surface area contributed by atoms with Crippen molar-refractivity contribution in [3.63, 3.8) is 0 Å². The van der Waals surface area contributed by atoms with Crippen molar-refractivity contribution >= 4 is 29.9 Å². The first-order valence-electron chi connectivity index (χ1n) is 7.57. The van der Waals surface area contributed by atoms with E-state index >= 15 is 0 Å². The Labute approximate surface area is 159 Å². The summed E-state index contributed by atoms with van der Waals surface area (Å²) in [4.78, 5) is 8.55. The summed E-state index contributed by atoms with van der Waals surface area (Å²) in [6.07, 6.45) is 5.16. The molecule has 0 bridgehead atoms. The molecule has 2 rings (SSSR count). The van der Waals surface area contributed by atoms with E-state index in [0.717, 1.165) is 17.9 Å². The number of benzene rings is 1. The van der Waals surface area contributed by atoms with Gasteiger partial charge in [-0.1, -0.05) is 12.1 Å². The lowest BCUT2D eigenvalue weighted by Gasteiger charge is -2.10. The summed E-state index contributed by atoms with van der Waals surface area (Å²) in [6.45, 7) is 9.27. The molecule has 5 nitrogen and oxygen atoms in total. The molecule has 1 aromatic carbocycles. The van der Waals surface area contributed by atoms with Crippen molar-refractivity contribution in [3.8, 4) is 5.69 Å². The van der Waals surface area contributed by atoms with Gasteiger partial charge in [-0.25, -0.2) is 14.4 Å². The summed E-state index contributed by atoms with van der Waals surface area (Å²) in [6, 6.07) is 5.13. The van der Waals surface area contributed by atoms with Crippen LogP contribution in [-0.4, -0.2) is 28.6 Å². The van der Waals surface area contributed by atoms with Crippen LogP contribution in [0.5, 0.6) is 0 Å². The third kappa shape index (κ3) is 5.33. The highest BCUT2D eigenvalue weighted by Crippen LogP contribution is 2.17. The Kier molecular flexibility index (Phi) is 8.45. The van der Waals surface area contributed by atoms with Crippen LogP contribution in [0.1, 0.15) is 18.3 Å². The highest BCUT2D eigenvalue weighted by atomic mass is 127. The number of aromatic nitrogens is 2. The summed E-state index contributed by atoms with van der Waals surface area (Å²) >= 11 is 0. The Morgan fingerprint density at radius 1 is 1.42 bits per heavy atom. The molecule has 0 aliphatic heterocycles. The Bertz CT molecular complexity index is 696. The van der Waals surface area contributed by atoms with Gasteiger partial charge in [0.2, 0.25) is 0 Å². The van der Waals surface area contributed by atoms with E-state index in [-0.39, 0.29) is 29.8 Å². The number of nitrogens with zero attached hydrogens (tertiary/aromatic N) is 3. The van der Waals surface area contributed by atoms with Crippen LogP contribution in [0, 0.1) is 12.7 Å². The van der Waals surface area contributed by atoms with Gasteiger partial charge < -0.3 is 15.2 Å². The second-order valence-electron chi connectivity index (χ2n) is 4.99. The average Bonchev–Trinajstić information content (AvgIpc) is 2.96. The zero-order valence-corrected chi connectivity index (χ0v) is 16.3. The number of rotatable bonds is 6. The van der Waals surface area contributed by atoms with Crippen molar-refractivity contribution in [3.05, 3.63) is 60.5 Å². The van der Waals surface area contributed by atoms with Crippen LogP contribution in [0.4, 0.5) is 4.39 Å². The van der Waals surface area contributed by atoms with Crippen LogP contribution >= 0.6 is 24.0 Å². The molecule has 2 N–H and O–H groups in total. The molecular weight excluding hydrogens is 420 g/mol. The largest absolute Gasteiger partial charge is 0.357 e. The summed E-state index contributed by atoms with van der Waals surface area (Å²) < 4.78 is 16.0. The molecule has 24 heavy (non-hydrogen) atoms. The van der Waals surface area contributed by atoms with Gasteiger partial charge in [-0.05, 0) is 31.5 Å². The fourth-order valence-corrected chi connectivity index (χ4v) is 2.16. The second-order valence-corrected chi connectivity index (χ2v) is 4.99. The van der Waals surface area contributed by atoms with Gasteiger partial charge in [0, 0.05) is 25.5 Å². The number of halogens is 2. The van der Waals surface area contributed by atoms with E-state index in [1.807, 2.05) is 19.9 Å². The number of guanidine groups is 1. The normalized spacial score (nSPS) is 10.9. The van der Waals surface area contributed by atoms with E-state index in [2.05, 4.69) is 27.2 Å². The summed E-state index contributed by atoms with van der Waals surface area (Å²) in [7, 11) is 0. The minimum absolute atomic E-state index is 0. The van der Waals surface area contributed by atoms with Crippen molar-refractivity contribution in [2.24, 2.45) is 4.99 Å².